The predicted octanol–water partition coefficient (Wildman–Crippen LogP) is -1.47. The smallest absolute Gasteiger partial charge is 0.237 e. The van der Waals surface area contributed by atoms with E-state index in [1.807, 2.05) is 0 Å². The summed E-state index contributed by atoms with van der Waals surface area (Å²) >= 11 is 0. The van der Waals surface area contributed by atoms with Gasteiger partial charge < -0.3 is 20.9 Å². The Kier molecular flexibility index (Phi) is 5.32. The van der Waals surface area contributed by atoms with Crippen LogP contribution in [0.3, 0.4) is 0 Å². The normalized spacial score (nSPS) is 20.2. The van der Waals surface area contributed by atoms with E-state index in [0.717, 1.165) is 13.1 Å². The number of aliphatic hydroxyl groups excluding tert-OH is 1. The van der Waals surface area contributed by atoms with Gasteiger partial charge in [0.1, 0.15) is 0 Å². The second-order valence-corrected chi connectivity index (χ2v) is 4.94. The lowest BCUT2D eigenvalue weighted by Crippen LogP contribution is -2.54. The fourth-order valence-electron chi connectivity index (χ4n) is 1.61. The molecule has 0 bridgehead atoms. The summed E-state index contributed by atoms with van der Waals surface area (Å²) in [5.74, 6) is -0.420. The average Bonchev–Trinajstić information content (AvgIpc) is 2.28. The van der Waals surface area contributed by atoms with Gasteiger partial charge in [0.2, 0.25) is 5.91 Å². The molecular formula is C11H23N3O3. The maximum atomic E-state index is 11.1. The minimum Gasteiger partial charge on any atom is -0.390 e. The molecule has 6 nitrogen and oxygen atoms in total. The largest absolute Gasteiger partial charge is 0.390 e. The van der Waals surface area contributed by atoms with Gasteiger partial charge in [-0.3, -0.25) is 9.69 Å². The van der Waals surface area contributed by atoms with E-state index in [2.05, 4.69) is 10.2 Å². The van der Waals surface area contributed by atoms with Crippen LogP contribution in [0.1, 0.15) is 13.8 Å². The molecular weight excluding hydrogens is 222 g/mol. The van der Waals surface area contributed by atoms with Gasteiger partial charge in [-0.25, -0.2) is 0 Å². The number of ether oxygens (including phenoxy) is 1. The van der Waals surface area contributed by atoms with Gasteiger partial charge >= 0.3 is 0 Å². The molecule has 0 aromatic rings. The highest BCUT2D eigenvalue weighted by Crippen LogP contribution is 2.02. The Morgan fingerprint density at radius 2 is 2.12 bits per heavy atom. The summed E-state index contributed by atoms with van der Waals surface area (Å²) in [6.45, 7) is 7.47. The third-order valence-corrected chi connectivity index (χ3v) is 2.97. The van der Waals surface area contributed by atoms with Gasteiger partial charge in [0.15, 0.2) is 0 Å². The fraction of sp³-hybridized carbons (Fsp3) is 0.909. The molecule has 1 atom stereocenters. The highest BCUT2D eigenvalue weighted by atomic mass is 16.5. The molecule has 1 fully saturated rings. The highest BCUT2D eigenvalue weighted by Gasteiger charge is 2.25. The van der Waals surface area contributed by atoms with Crippen LogP contribution in [0.15, 0.2) is 0 Å². The van der Waals surface area contributed by atoms with Crippen molar-refractivity contribution < 1.29 is 14.6 Å². The number of hydrogen-bond donors (Lipinski definition) is 3. The Hall–Kier alpha value is -0.690. The maximum absolute atomic E-state index is 11.1. The van der Waals surface area contributed by atoms with Gasteiger partial charge in [0.05, 0.1) is 24.9 Å². The van der Waals surface area contributed by atoms with E-state index in [4.69, 9.17) is 10.5 Å². The predicted molar refractivity (Wildman–Crippen MR) is 64.5 cm³/mol. The van der Waals surface area contributed by atoms with Crippen molar-refractivity contribution in [1.29, 1.82) is 0 Å². The molecule has 1 aliphatic rings. The third kappa shape index (κ3) is 4.99. The van der Waals surface area contributed by atoms with Crippen molar-refractivity contribution in [2.24, 2.45) is 5.73 Å². The SMILES string of the molecule is CC(C)(NCC(O)CN1CCOCC1)C(N)=O. The van der Waals surface area contributed by atoms with E-state index in [1.54, 1.807) is 13.8 Å². The van der Waals surface area contributed by atoms with Crippen LogP contribution < -0.4 is 11.1 Å². The fourth-order valence-corrected chi connectivity index (χ4v) is 1.61. The van der Waals surface area contributed by atoms with E-state index in [9.17, 15) is 9.90 Å². The zero-order chi connectivity index (χ0) is 12.9. The van der Waals surface area contributed by atoms with Gasteiger partial charge in [-0.2, -0.15) is 0 Å². The summed E-state index contributed by atoms with van der Waals surface area (Å²) in [6, 6.07) is 0. The quantitative estimate of drug-likeness (QED) is 0.532. The molecule has 1 amide bonds. The monoisotopic (exact) mass is 245 g/mol. The first-order valence-electron chi connectivity index (χ1n) is 5.95. The minimum atomic E-state index is -0.786. The van der Waals surface area contributed by atoms with Crippen LogP contribution in [-0.4, -0.2) is 66.9 Å². The van der Waals surface area contributed by atoms with Crippen LogP contribution in [0.5, 0.6) is 0 Å². The third-order valence-electron chi connectivity index (χ3n) is 2.97. The summed E-state index contributed by atoms with van der Waals surface area (Å²) in [5.41, 5.74) is 4.44. The minimum absolute atomic E-state index is 0.354. The highest BCUT2D eigenvalue weighted by molar-refractivity contribution is 5.83. The topological polar surface area (TPSA) is 87.8 Å². The van der Waals surface area contributed by atoms with Gasteiger partial charge in [0.25, 0.3) is 0 Å². The van der Waals surface area contributed by atoms with Gasteiger partial charge in [-0.15, -0.1) is 0 Å². The molecule has 0 aromatic carbocycles. The number of hydrogen-bond acceptors (Lipinski definition) is 5. The number of β-amino-alcohol motifs (C(OH)–C–C–N with tert-alkyl or cyclic N) is 1. The molecule has 4 N–H and O–H groups in total. The van der Waals surface area contributed by atoms with Crippen LogP contribution in [0.4, 0.5) is 0 Å². The molecule has 1 heterocycles. The number of morpholine rings is 1. The van der Waals surface area contributed by atoms with Crippen molar-refractivity contribution >= 4 is 5.91 Å². The molecule has 100 valence electrons. The van der Waals surface area contributed by atoms with Crippen LogP contribution >= 0.6 is 0 Å². The number of carbonyl (C=O) groups excluding carboxylic acids is 1. The number of nitrogens with one attached hydrogen (secondary N) is 1. The molecule has 1 unspecified atom stereocenters. The zero-order valence-electron chi connectivity index (χ0n) is 10.6. The molecule has 1 rings (SSSR count). The van der Waals surface area contributed by atoms with Crippen molar-refractivity contribution in [2.45, 2.75) is 25.5 Å². The number of aliphatic hydroxyl groups is 1. The first kappa shape index (κ1) is 14.4. The van der Waals surface area contributed by atoms with Gasteiger partial charge in [0, 0.05) is 26.2 Å². The van der Waals surface area contributed by atoms with Crippen LogP contribution in [0, 0.1) is 0 Å². The first-order valence-corrected chi connectivity index (χ1v) is 5.95. The van der Waals surface area contributed by atoms with E-state index in [0.29, 0.717) is 26.3 Å². The van der Waals surface area contributed by atoms with E-state index in [1.165, 1.54) is 0 Å². The van der Waals surface area contributed by atoms with Crippen LogP contribution in [0.2, 0.25) is 0 Å². The second-order valence-electron chi connectivity index (χ2n) is 4.94. The maximum Gasteiger partial charge on any atom is 0.237 e. The Labute approximate surface area is 102 Å². The standard InChI is InChI=1S/C11H23N3O3/c1-11(2,10(12)16)13-7-9(15)8-14-3-5-17-6-4-14/h9,13,15H,3-8H2,1-2H3,(H2,12,16). The summed E-state index contributed by atoms with van der Waals surface area (Å²) in [4.78, 5) is 13.2. The molecule has 17 heavy (non-hydrogen) atoms. The lowest BCUT2D eigenvalue weighted by atomic mass is 10.0. The van der Waals surface area contributed by atoms with Crippen molar-refractivity contribution in [2.75, 3.05) is 39.4 Å². The lowest BCUT2D eigenvalue weighted by Gasteiger charge is -2.30. The van der Waals surface area contributed by atoms with Crippen molar-refractivity contribution in [1.82, 2.24) is 10.2 Å². The number of carbonyl (C=O) groups is 1. The Bertz CT molecular complexity index is 252. The van der Waals surface area contributed by atoms with Gasteiger partial charge in [-0.1, -0.05) is 0 Å². The summed E-state index contributed by atoms with van der Waals surface area (Å²) in [6.07, 6.45) is -0.508. The number of nitrogens with zero attached hydrogens (tertiary/aromatic N) is 1. The number of nitrogens with two attached hydrogens (primary N) is 1. The first-order chi connectivity index (χ1) is 7.92. The summed E-state index contributed by atoms with van der Waals surface area (Å²) in [7, 11) is 0. The molecule has 6 heteroatoms. The van der Waals surface area contributed by atoms with Crippen molar-refractivity contribution in [3.8, 4) is 0 Å². The summed E-state index contributed by atoms with van der Waals surface area (Å²) < 4.78 is 5.23. The molecule has 0 aliphatic carbocycles. The molecule has 0 spiro atoms. The molecule has 1 saturated heterocycles. The van der Waals surface area contributed by atoms with Crippen molar-refractivity contribution in [3.63, 3.8) is 0 Å². The molecule has 0 radical (unpaired) electrons. The molecule has 1 aliphatic heterocycles. The van der Waals surface area contributed by atoms with E-state index >= 15 is 0 Å². The summed E-state index contributed by atoms with van der Waals surface area (Å²) in [5, 5.41) is 12.8. The number of primary amides is 1. The Balaban J connectivity index is 2.24. The van der Waals surface area contributed by atoms with E-state index < -0.39 is 17.6 Å². The molecule has 0 saturated carbocycles. The molecule has 0 aromatic heterocycles. The van der Waals surface area contributed by atoms with Crippen LogP contribution in [-0.2, 0) is 9.53 Å². The Morgan fingerprint density at radius 3 is 2.65 bits per heavy atom. The zero-order valence-corrected chi connectivity index (χ0v) is 10.6. The lowest BCUT2D eigenvalue weighted by molar-refractivity contribution is -0.123. The average molecular weight is 245 g/mol. The van der Waals surface area contributed by atoms with E-state index in [-0.39, 0.29) is 0 Å². The second kappa shape index (κ2) is 6.30. The van der Waals surface area contributed by atoms with Crippen LogP contribution in [0.25, 0.3) is 0 Å². The number of amides is 1. The van der Waals surface area contributed by atoms with Crippen molar-refractivity contribution in [3.05, 3.63) is 0 Å². The Morgan fingerprint density at radius 1 is 1.53 bits per heavy atom. The van der Waals surface area contributed by atoms with Gasteiger partial charge in [-0.05, 0) is 13.8 Å². The number of rotatable bonds is 6.